The highest BCUT2D eigenvalue weighted by Crippen LogP contribution is 2.33. The lowest BCUT2D eigenvalue weighted by Crippen LogP contribution is -2.12. The number of nitrogens with one attached hydrogen (secondary N) is 1. The maximum Gasteiger partial charge on any atom is 0.135 e. The third-order valence-corrected chi connectivity index (χ3v) is 4.47. The number of hydrogen-bond donors (Lipinski definition) is 1. The van der Waals surface area contributed by atoms with Crippen molar-refractivity contribution in [1.82, 2.24) is 15.3 Å². The summed E-state index contributed by atoms with van der Waals surface area (Å²) in [5, 5.41) is 4.48. The Morgan fingerprint density at radius 2 is 2.24 bits per heavy atom. The summed E-state index contributed by atoms with van der Waals surface area (Å²) in [7, 11) is 0. The zero-order valence-electron chi connectivity index (χ0n) is 10.4. The molecule has 5 heteroatoms. The summed E-state index contributed by atoms with van der Waals surface area (Å²) in [5.41, 5.74) is 3.08. The number of rotatable bonds is 5. The van der Waals surface area contributed by atoms with Crippen molar-refractivity contribution in [3.63, 3.8) is 0 Å². The molecule has 2 heterocycles. The maximum atomic E-state index is 4.75. The number of hydrogen-bond acceptors (Lipinski definition) is 5. The summed E-state index contributed by atoms with van der Waals surface area (Å²) in [4.78, 5) is 11.4. The predicted octanol–water partition coefficient (Wildman–Crippen LogP) is 3.50. The largest absolute Gasteiger partial charge is 0.312 e. The second-order valence-corrected chi connectivity index (χ2v) is 6.10. The Bertz CT molecular complexity index is 460. The lowest BCUT2D eigenvalue weighted by Gasteiger charge is -2.04. The molecule has 0 saturated heterocycles. The zero-order chi connectivity index (χ0) is 12.3. The molecule has 0 aromatic carbocycles. The van der Waals surface area contributed by atoms with Gasteiger partial charge in [0.1, 0.15) is 5.01 Å². The van der Waals surface area contributed by atoms with E-state index >= 15 is 0 Å². The van der Waals surface area contributed by atoms with Crippen LogP contribution in [0.4, 0.5) is 0 Å². The van der Waals surface area contributed by atoms with Gasteiger partial charge >= 0.3 is 0 Å². The van der Waals surface area contributed by atoms with E-state index < -0.39 is 0 Å². The Kier molecular flexibility index (Phi) is 4.25. The van der Waals surface area contributed by atoms with Crippen LogP contribution in [0, 0.1) is 0 Å². The minimum Gasteiger partial charge on any atom is -0.312 e. The maximum absolute atomic E-state index is 4.75. The standard InChI is InChI=1S/C12H17N3S2/c1-4-13-5-9-11(8(2)3)15-12(17-9)10-6-14-7-16-10/h6-8,13H,4-5H2,1-3H3. The second-order valence-electron chi connectivity index (χ2n) is 4.13. The van der Waals surface area contributed by atoms with Gasteiger partial charge in [0, 0.05) is 17.6 Å². The van der Waals surface area contributed by atoms with Crippen molar-refractivity contribution in [2.24, 2.45) is 0 Å². The van der Waals surface area contributed by atoms with Crippen LogP contribution in [0.15, 0.2) is 11.7 Å². The van der Waals surface area contributed by atoms with Crippen molar-refractivity contribution >= 4 is 22.7 Å². The van der Waals surface area contributed by atoms with Gasteiger partial charge in [0.15, 0.2) is 0 Å². The fraction of sp³-hybridized carbons (Fsp3) is 0.500. The first-order chi connectivity index (χ1) is 8.22. The molecule has 0 aliphatic rings. The van der Waals surface area contributed by atoms with Gasteiger partial charge in [-0.3, -0.25) is 4.98 Å². The molecule has 17 heavy (non-hydrogen) atoms. The average molecular weight is 267 g/mol. The molecule has 0 aliphatic heterocycles. The molecule has 0 saturated carbocycles. The van der Waals surface area contributed by atoms with E-state index in [1.54, 1.807) is 22.7 Å². The molecule has 0 unspecified atom stereocenters. The van der Waals surface area contributed by atoms with Crippen molar-refractivity contribution in [3.05, 3.63) is 22.3 Å². The van der Waals surface area contributed by atoms with E-state index in [1.165, 1.54) is 15.4 Å². The third-order valence-electron chi connectivity index (χ3n) is 2.45. The van der Waals surface area contributed by atoms with Gasteiger partial charge in [-0.2, -0.15) is 0 Å². The third kappa shape index (κ3) is 2.91. The molecule has 2 aromatic rings. The predicted molar refractivity (Wildman–Crippen MR) is 74.7 cm³/mol. The SMILES string of the molecule is CCNCc1sc(-c2cncs2)nc1C(C)C. The van der Waals surface area contributed by atoms with E-state index in [-0.39, 0.29) is 0 Å². The van der Waals surface area contributed by atoms with Gasteiger partial charge < -0.3 is 5.32 Å². The van der Waals surface area contributed by atoms with E-state index in [2.05, 4.69) is 31.1 Å². The molecule has 0 radical (unpaired) electrons. The van der Waals surface area contributed by atoms with Crippen molar-refractivity contribution in [2.75, 3.05) is 6.54 Å². The minimum atomic E-state index is 0.474. The van der Waals surface area contributed by atoms with Gasteiger partial charge in [0.2, 0.25) is 0 Å². The highest BCUT2D eigenvalue weighted by molar-refractivity contribution is 7.20. The molecule has 2 rings (SSSR count). The van der Waals surface area contributed by atoms with E-state index in [0.29, 0.717) is 5.92 Å². The number of aromatic nitrogens is 2. The van der Waals surface area contributed by atoms with Gasteiger partial charge in [-0.05, 0) is 12.5 Å². The van der Waals surface area contributed by atoms with E-state index in [4.69, 9.17) is 4.98 Å². The molecule has 0 fully saturated rings. The molecular weight excluding hydrogens is 250 g/mol. The quantitative estimate of drug-likeness (QED) is 0.901. The van der Waals surface area contributed by atoms with E-state index in [9.17, 15) is 0 Å². The summed E-state index contributed by atoms with van der Waals surface area (Å²) in [6.07, 6.45) is 1.89. The summed E-state index contributed by atoms with van der Waals surface area (Å²) in [6, 6.07) is 0. The highest BCUT2D eigenvalue weighted by atomic mass is 32.1. The summed E-state index contributed by atoms with van der Waals surface area (Å²) in [6.45, 7) is 8.42. The Morgan fingerprint density at radius 3 is 2.82 bits per heavy atom. The zero-order valence-corrected chi connectivity index (χ0v) is 12.0. The summed E-state index contributed by atoms with van der Waals surface area (Å²) >= 11 is 3.43. The Morgan fingerprint density at radius 1 is 1.41 bits per heavy atom. The van der Waals surface area contributed by atoms with Crippen molar-refractivity contribution in [3.8, 4) is 9.88 Å². The van der Waals surface area contributed by atoms with Crippen molar-refractivity contribution in [1.29, 1.82) is 0 Å². The van der Waals surface area contributed by atoms with Crippen LogP contribution in [0.3, 0.4) is 0 Å². The Balaban J connectivity index is 2.30. The Hall–Kier alpha value is -0.780. The van der Waals surface area contributed by atoms with Gasteiger partial charge in [-0.1, -0.05) is 20.8 Å². The smallest absolute Gasteiger partial charge is 0.135 e. The first kappa shape index (κ1) is 12.7. The second kappa shape index (κ2) is 5.71. The van der Waals surface area contributed by atoms with Crippen molar-refractivity contribution < 1.29 is 0 Å². The van der Waals surface area contributed by atoms with E-state index in [1.807, 2.05) is 11.7 Å². The molecule has 92 valence electrons. The molecular formula is C12H17N3S2. The van der Waals surface area contributed by atoms with Gasteiger partial charge in [-0.15, -0.1) is 22.7 Å². The summed E-state index contributed by atoms with van der Waals surface area (Å²) in [5.74, 6) is 0.474. The fourth-order valence-electron chi connectivity index (χ4n) is 1.61. The minimum absolute atomic E-state index is 0.474. The molecule has 0 amide bonds. The van der Waals surface area contributed by atoms with Crippen LogP contribution in [0.2, 0.25) is 0 Å². The van der Waals surface area contributed by atoms with E-state index in [0.717, 1.165) is 18.1 Å². The highest BCUT2D eigenvalue weighted by Gasteiger charge is 2.15. The normalized spacial score (nSPS) is 11.3. The average Bonchev–Trinajstić information content (AvgIpc) is 2.94. The molecule has 1 N–H and O–H groups in total. The van der Waals surface area contributed by atoms with Crippen molar-refractivity contribution in [2.45, 2.75) is 33.2 Å². The number of thiazole rings is 2. The first-order valence-electron chi connectivity index (χ1n) is 5.81. The van der Waals surface area contributed by atoms with Crippen LogP contribution in [0.25, 0.3) is 9.88 Å². The first-order valence-corrected chi connectivity index (χ1v) is 7.51. The van der Waals surface area contributed by atoms with Crippen LogP contribution >= 0.6 is 22.7 Å². The summed E-state index contributed by atoms with van der Waals surface area (Å²) < 4.78 is 0. The van der Waals surface area contributed by atoms with Crippen LogP contribution in [-0.2, 0) is 6.54 Å². The van der Waals surface area contributed by atoms with Gasteiger partial charge in [0.25, 0.3) is 0 Å². The lowest BCUT2D eigenvalue weighted by atomic mass is 10.1. The Labute approximate surface area is 110 Å². The fourth-order valence-corrected chi connectivity index (χ4v) is 3.47. The van der Waals surface area contributed by atoms with Crippen LogP contribution in [-0.4, -0.2) is 16.5 Å². The van der Waals surface area contributed by atoms with Gasteiger partial charge in [-0.25, -0.2) is 4.98 Å². The molecule has 0 aliphatic carbocycles. The number of nitrogens with zero attached hydrogens (tertiary/aromatic N) is 2. The van der Waals surface area contributed by atoms with Crippen LogP contribution in [0.1, 0.15) is 37.3 Å². The molecule has 0 spiro atoms. The topological polar surface area (TPSA) is 37.8 Å². The monoisotopic (exact) mass is 267 g/mol. The molecule has 2 aromatic heterocycles. The van der Waals surface area contributed by atoms with Crippen LogP contribution < -0.4 is 5.32 Å². The molecule has 3 nitrogen and oxygen atoms in total. The lowest BCUT2D eigenvalue weighted by molar-refractivity contribution is 0.714. The molecule has 0 atom stereocenters. The molecule has 0 bridgehead atoms. The van der Waals surface area contributed by atoms with Gasteiger partial charge in [0.05, 0.1) is 16.1 Å². The van der Waals surface area contributed by atoms with Crippen LogP contribution in [0.5, 0.6) is 0 Å².